The molecule has 0 bridgehead atoms. The molecule has 1 amide bonds. The maximum absolute atomic E-state index is 11.9. The minimum Gasteiger partial charge on any atom is -0.271 e. The molecule has 1 N–H and O–H groups in total. The molecular formula is C15H23N3O3S. The van der Waals surface area contributed by atoms with Gasteiger partial charge in [-0.15, -0.1) is 0 Å². The summed E-state index contributed by atoms with van der Waals surface area (Å²) in [5.41, 5.74) is 3.68. The van der Waals surface area contributed by atoms with E-state index < -0.39 is 15.9 Å². The van der Waals surface area contributed by atoms with Crippen molar-refractivity contribution in [1.82, 2.24) is 5.43 Å². The first kappa shape index (κ1) is 18.2. The van der Waals surface area contributed by atoms with Crippen molar-refractivity contribution in [2.24, 2.45) is 5.10 Å². The van der Waals surface area contributed by atoms with Crippen molar-refractivity contribution >= 4 is 27.3 Å². The fraction of sp³-hybridized carbons (Fsp3) is 0.467. The summed E-state index contributed by atoms with van der Waals surface area (Å²) in [6, 6.07) is 8.51. The SMILES string of the molecule is CCCC/C(C)=N\NC(=O)CN(c1ccccc1)S(C)(=O)=O. The second kappa shape index (κ2) is 8.53. The third-order valence-electron chi connectivity index (χ3n) is 3.00. The van der Waals surface area contributed by atoms with Gasteiger partial charge < -0.3 is 0 Å². The monoisotopic (exact) mass is 325 g/mol. The molecule has 0 aliphatic rings. The Bertz CT molecular complexity index is 612. The number of hydrogen-bond donors (Lipinski definition) is 1. The molecule has 0 aromatic heterocycles. The average Bonchev–Trinajstić information content (AvgIpc) is 2.48. The Morgan fingerprint density at radius 3 is 2.45 bits per heavy atom. The number of hydrogen-bond acceptors (Lipinski definition) is 4. The van der Waals surface area contributed by atoms with Gasteiger partial charge in [-0.1, -0.05) is 31.5 Å². The Kier molecular flexibility index (Phi) is 7.04. The standard InChI is InChI=1S/C15H23N3O3S/c1-4-5-9-13(2)16-17-15(19)12-18(22(3,20)21)14-10-7-6-8-11-14/h6-8,10-11H,4-5,9,12H2,1-3H3,(H,17,19)/b16-13-. The molecule has 7 heteroatoms. The number of benzene rings is 1. The van der Waals surface area contributed by atoms with Crippen molar-refractivity contribution in [3.8, 4) is 0 Å². The summed E-state index contributed by atoms with van der Waals surface area (Å²) < 4.78 is 24.8. The van der Waals surface area contributed by atoms with Gasteiger partial charge in [0.15, 0.2) is 0 Å². The largest absolute Gasteiger partial charge is 0.271 e. The highest BCUT2D eigenvalue weighted by atomic mass is 32.2. The molecule has 0 fully saturated rings. The van der Waals surface area contributed by atoms with Gasteiger partial charge in [-0.25, -0.2) is 13.8 Å². The Hall–Kier alpha value is -1.89. The summed E-state index contributed by atoms with van der Waals surface area (Å²) in [5.74, 6) is -0.467. The van der Waals surface area contributed by atoms with Crippen LogP contribution in [0.25, 0.3) is 0 Å². The second-order valence-electron chi connectivity index (χ2n) is 5.09. The predicted molar refractivity (Wildman–Crippen MR) is 89.4 cm³/mol. The molecule has 0 aliphatic carbocycles. The van der Waals surface area contributed by atoms with Gasteiger partial charge in [-0.3, -0.25) is 9.10 Å². The molecule has 0 unspecified atom stereocenters. The van der Waals surface area contributed by atoms with Gasteiger partial charge in [-0.05, 0) is 31.9 Å². The van der Waals surface area contributed by atoms with Crippen LogP contribution < -0.4 is 9.73 Å². The molecule has 1 aromatic rings. The maximum atomic E-state index is 11.9. The number of anilines is 1. The van der Waals surface area contributed by atoms with E-state index in [1.165, 1.54) is 0 Å². The number of amides is 1. The van der Waals surface area contributed by atoms with Crippen molar-refractivity contribution in [2.75, 3.05) is 17.1 Å². The van der Waals surface area contributed by atoms with Crippen molar-refractivity contribution in [2.45, 2.75) is 33.1 Å². The molecule has 0 heterocycles. The Balaban J connectivity index is 2.74. The van der Waals surface area contributed by atoms with Gasteiger partial charge in [-0.2, -0.15) is 5.10 Å². The summed E-state index contributed by atoms with van der Waals surface area (Å²) in [5, 5.41) is 3.99. The topological polar surface area (TPSA) is 78.8 Å². The van der Waals surface area contributed by atoms with E-state index in [4.69, 9.17) is 0 Å². The minimum absolute atomic E-state index is 0.298. The Morgan fingerprint density at radius 1 is 1.27 bits per heavy atom. The first-order valence-electron chi connectivity index (χ1n) is 7.19. The molecule has 122 valence electrons. The summed E-state index contributed by atoms with van der Waals surface area (Å²) in [6.07, 6.45) is 3.94. The molecule has 0 atom stereocenters. The minimum atomic E-state index is -3.54. The molecule has 0 saturated heterocycles. The lowest BCUT2D eigenvalue weighted by Gasteiger charge is -2.21. The molecule has 0 aliphatic heterocycles. The van der Waals surface area contributed by atoms with Gasteiger partial charge in [0.25, 0.3) is 5.91 Å². The quantitative estimate of drug-likeness (QED) is 0.587. The van der Waals surface area contributed by atoms with Crippen LogP contribution in [0, 0.1) is 0 Å². The first-order chi connectivity index (χ1) is 10.3. The smallest absolute Gasteiger partial charge is 0.260 e. The lowest BCUT2D eigenvalue weighted by Crippen LogP contribution is -2.39. The summed E-state index contributed by atoms with van der Waals surface area (Å²) in [4.78, 5) is 11.9. The van der Waals surface area contributed by atoms with Crippen molar-refractivity contribution in [1.29, 1.82) is 0 Å². The number of rotatable bonds is 8. The van der Waals surface area contributed by atoms with Crippen LogP contribution in [0.2, 0.25) is 0 Å². The van der Waals surface area contributed by atoms with E-state index in [1.54, 1.807) is 30.3 Å². The van der Waals surface area contributed by atoms with Crippen LogP contribution in [-0.4, -0.2) is 32.8 Å². The zero-order chi connectivity index (χ0) is 16.6. The lowest BCUT2D eigenvalue weighted by atomic mass is 10.2. The molecule has 1 aromatic carbocycles. The molecule has 6 nitrogen and oxygen atoms in total. The molecule has 0 radical (unpaired) electrons. The molecular weight excluding hydrogens is 302 g/mol. The van der Waals surface area contributed by atoms with Crippen molar-refractivity contribution in [3.63, 3.8) is 0 Å². The molecule has 1 rings (SSSR count). The first-order valence-corrected chi connectivity index (χ1v) is 9.04. The number of carbonyl (C=O) groups is 1. The van der Waals surface area contributed by atoms with Crippen LogP contribution in [0.5, 0.6) is 0 Å². The predicted octanol–water partition coefficient (Wildman–Crippen LogP) is 2.13. The van der Waals surface area contributed by atoms with Crippen molar-refractivity contribution in [3.05, 3.63) is 30.3 Å². The van der Waals surface area contributed by atoms with E-state index in [0.29, 0.717) is 5.69 Å². The third kappa shape index (κ3) is 6.26. The Morgan fingerprint density at radius 2 is 1.91 bits per heavy atom. The summed E-state index contributed by atoms with van der Waals surface area (Å²) in [6.45, 7) is 3.62. The van der Waals surface area contributed by atoms with Crippen LogP contribution in [0.1, 0.15) is 33.1 Å². The fourth-order valence-electron chi connectivity index (χ4n) is 1.81. The zero-order valence-corrected chi connectivity index (χ0v) is 14.1. The van der Waals surface area contributed by atoms with Gasteiger partial charge >= 0.3 is 0 Å². The van der Waals surface area contributed by atoms with E-state index in [9.17, 15) is 13.2 Å². The van der Waals surface area contributed by atoms with E-state index in [1.807, 2.05) is 6.92 Å². The van der Waals surface area contributed by atoms with E-state index >= 15 is 0 Å². The number of hydrazone groups is 1. The normalized spacial score (nSPS) is 12.0. The van der Waals surface area contributed by atoms with Crippen molar-refractivity contribution < 1.29 is 13.2 Å². The maximum Gasteiger partial charge on any atom is 0.260 e. The second-order valence-corrected chi connectivity index (χ2v) is 7.00. The highest BCUT2D eigenvalue weighted by Gasteiger charge is 2.20. The van der Waals surface area contributed by atoms with E-state index in [2.05, 4.69) is 17.5 Å². The fourth-order valence-corrected chi connectivity index (χ4v) is 2.66. The third-order valence-corrected chi connectivity index (χ3v) is 4.14. The highest BCUT2D eigenvalue weighted by Crippen LogP contribution is 2.16. The van der Waals surface area contributed by atoms with Gasteiger partial charge in [0.05, 0.1) is 11.9 Å². The summed E-state index contributed by atoms with van der Waals surface area (Å²) >= 11 is 0. The van der Waals surface area contributed by atoms with Gasteiger partial charge in [0, 0.05) is 5.71 Å². The number of nitrogens with one attached hydrogen (secondary N) is 1. The number of nitrogens with zero attached hydrogens (tertiary/aromatic N) is 2. The van der Waals surface area contributed by atoms with E-state index in [-0.39, 0.29) is 6.54 Å². The molecule has 0 spiro atoms. The van der Waals surface area contributed by atoms with E-state index in [0.717, 1.165) is 35.5 Å². The van der Waals surface area contributed by atoms with Crippen LogP contribution in [0.4, 0.5) is 5.69 Å². The summed E-state index contributed by atoms with van der Waals surface area (Å²) in [7, 11) is -3.54. The van der Waals surface area contributed by atoms with Gasteiger partial charge in [0.1, 0.15) is 6.54 Å². The Labute approximate surface area is 132 Å². The highest BCUT2D eigenvalue weighted by molar-refractivity contribution is 7.92. The number of para-hydroxylation sites is 1. The number of unbranched alkanes of at least 4 members (excludes halogenated alkanes) is 1. The average molecular weight is 325 g/mol. The van der Waals surface area contributed by atoms with Crippen LogP contribution in [0.3, 0.4) is 0 Å². The van der Waals surface area contributed by atoms with Crippen LogP contribution >= 0.6 is 0 Å². The molecule has 22 heavy (non-hydrogen) atoms. The van der Waals surface area contributed by atoms with Gasteiger partial charge in [0.2, 0.25) is 10.0 Å². The molecule has 0 saturated carbocycles. The van der Waals surface area contributed by atoms with Crippen LogP contribution in [-0.2, 0) is 14.8 Å². The number of carbonyl (C=O) groups excluding carboxylic acids is 1. The van der Waals surface area contributed by atoms with Crippen LogP contribution in [0.15, 0.2) is 35.4 Å². The lowest BCUT2D eigenvalue weighted by molar-refractivity contribution is -0.119. The zero-order valence-electron chi connectivity index (χ0n) is 13.2. The number of sulfonamides is 1.